The lowest BCUT2D eigenvalue weighted by atomic mass is 10.1. The molecule has 104 valence electrons. The molecule has 1 saturated heterocycles. The molecule has 0 N–H and O–H groups in total. The predicted molar refractivity (Wildman–Crippen MR) is 70.0 cm³/mol. The van der Waals surface area contributed by atoms with Gasteiger partial charge in [0.2, 0.25) is 0 Å². The molecule has 0 radical (unpaired) electrons. The van der Waals surface area contributed by atoms with Crippen LogP contribution in [0.15, 0.2) is 24.3 Å². The van der Waals surface area contributed by atoms with Gasteiger partial charge in [0, 0.05) is 18.7 Å². The Hall–Kier alpha value is -1.59. The van der Waals surface area contributed by atoms with Gasteiger partial charge in [-0.15, -0.1) is 0 Å². The van der Waals surface area contributed by atoms with Gasteiger partial charge >= 0.3 is 5.97 Å². The van der Waals surface area contributed by atoms with E-state index in [9.17, 15) is 4.79 Å². The number of benzene rings is 1. The molecule has 5 nitrogen and oxygen atoms in total. The maximum Gasteiger partial charge on any atom is 0.325 e. The molecule has 1 atom stereocenters. The Morgan fingerprint density at radius 3 is 2.95 bits per heavy atom. The summed E-state index contributed by atoms with van der Waals surface area (Å²) in [6.45, 7) is 2.36. The molecule has 1 aliphatic rings. The van der Waals surface area contributed by atoms with Crippen molar-refractivity contribution in [2.75, 3.05) is 34.0 Å². The van der Waals surface area contributed by atoms with Gasteiger partial charge in [0.25, 0.3) is 0 Å². The number of carbonyl (C=O) groups excluding carboxylic acids is 1. The number of morpholine rings is 1. The summed E-state index contributed by atoms with van der Waals surface area (Å²) in [5.41, 5.74) is 1.06. The smallest absolute Gasteiger partial charge is 0.325 e. The third-order valence-corrected chi connectivity index (χ3v) is 3.28. The molecule has 1 aromatic rings. The minimum absolute atomic E-state index is 0.255. The van der Waals surface area contributed by atoms with Crippen LogP contribution in [0.4, 0.5) is 0 Å². The van der Waals surface area contributed by atoms with Gasteiger partial charge in [-0.1, -0.05) is 18.2 Å². The second-order valence-corrected chi connectivity index (χ2v) is 4.40. The molecule has 1 aromatic carbocycles. The average molecular weight is 265 g/mol. The quantitative estimate of drug-likeness (QED) is 0.762. The summed E-state index contributed by atoms with van der Waals surface area (Å²) in [6.07, 6.45) is 0. The van der Waals surface area contributed by atoms with Gasteiger partial charge in [-0.2, -0.15) is 0 Å². The minimum atomic E-state index is -0.344. The molecular weight excluding hydrogens is 246 g/mol. The van der Waals surface area contributed by atoms with E-state index in [2.05, 4.69) is 4.90 Å². The number of hydrogen-bond acceptors (Lipinski definition) is 5. The van der Waals surface area contributed by atoms with Gasteiger partial charge in [0.05, 0.1) is 27.4 Å². The van der Waals surface area contributed by atoms with E-state index < -0.39 is 0 Å². The van der Waals surface area contributed by atoms with E-state index in [1.54, 1.807) is 7.11 Å². The SMILES string of the molecule is COC(=O)C1COCCN1Cc1ccccc1OC. The van der Waals surface area contributed by atoms with Crippen LogP contribution in [0.2, 0.25) is 0 Å². The van der Waals surface area contributed by atoms with Crippen LogP contribution in [-0.2, 0) is 20.8 Å². The monoisotopic (exact) mass is 265 g/mol. The minimum Gasteiger partial charge on any atom is -0.496 e. The number of carbonyl (C=O) groups is 1. The van der Waals surface area contributed by atoms with Crippen molar-refractivity contribution in [1.29, 1.82) is 0 Å². The van der Waals surface area contributed by atoms with E-state index in [1.807, 2.05) is 24.3 Å². The molecule has 1 heterocycles. The first-order valence-corrected chi connectivity index (χ1v) is 6.27. The van der Waals surface area contributed by atoms with Gasteiger partial charge in [-0.05, 0) is 6.07 Å². The molecule has 0 saturated carbocycles. The topological polar surface area (TPSA) is 48.0 Å². The summed E-state index contributed by atoms with van der Waals surface area (Å²) < 4.78 is 15.5. The van der Waals surface area contributed by atoms with Crippen LogP contribution in [0, 0.1) is 0 Å². The number of methoxy groups -OCH3 is 2. The van der Waals surface area contributed by atoms with Gasteiger partial charge in [0.1, 0.15) is 11.8 Å². The highest BCUT2D eigenvalue weighted by Crippen LogP contribution is 2.21. The van der Waals surface area contributed by atoms with E-state index in [0.717, 1.165) is 11.3 Å². The van der Waals surface area contributed by atoms with Gasteiger partial charge in [-0.25, -0.2) is 0 Å². The molecule has 0 spiro atoms. The number of ether oxygens (including phenoxy) is 3. The summed E-state index contributed by atoms with van der Waals surface area (Å²) >= 11 is 0. The normalized spacial score (nSPS) is 20.0. The average Bonchev–Trinajstić information content (AvgIpc) is 2.47. The Morgan fingerprint density at radius 1 is 1.42 bits per heavy atom. The first-order chi connectivity index (χ1) is 9.26. The fourth-order valence-electron chi connectivity index (χ4n) is 2.23. The van der Waals surface area contributed by atoms with Crippen LogP contribution in [-0.4, -0.2) is 50.9 Å². The Morgan fingerprint density at radius 2 is 2.21 bits per heavy atom. The van der Waals surface area contributed by atoms with E-state index in [0.29, 0.717) is 26.3 Å². The maximum absolute atomic E-state index is 11.7. The van der Waals surface area contributed by atoms with E-state index in [1.165, 1.54) is 7.11 Å². The van der Waals surface area contributed by atoms with Crippen LogP contribution in [0.25, 0.3) is 0 Å². The summed E-state index contributed by atoms with van der Waals surface area (Å²) in [6, 6.07) is 7.47. The van der Waals surface area contributed by atoms with Crippen molar-refractivity contribution in [3.63, 3.8) is 0 Å². The van der Waals surface area contributed by atoms with E-state index >= 15 is 0 Å². The van der Waals surface area contributed by atoms with Crippen molar-refractivity contribution in [2.45, 2.75) is 12.6 Å². The third kappa shape index (κ3) is 3.24. The summed E-state index contributed by atoms with van der Waals surface area (Å²) in [4.78, 5) is 13.8. The van der Waals surface area contributed by atoms with Gasteiger partial charge in [0.15, 0.2) is 0 Å². The molecule has 1 fully saturated rings. The lowest BCUT2D eigenvalue weighted by Gasteiger charge is -2.33. The van der Waals surface area contributed by atoms with Crippen LogP contribution in [0.5, 0.6) is 5.75 Å². The van der Waals surface area contributed by atoms with Crippen molar-refractivity contribution in [3.05, 3.63) is 29.8 Å². The van der Waals surface area contributed by atoms with Crippen LogP contribution < -0.4 is 4.74 Å². The van der Waals surface area contributed by atoms with Crippen molar-refractivity contribution >= 4 is 5.97 Å². The zero-order chi connectivity index (χ0) is 13.7. The van der Waals surface area contributed by atoms with E-state index in [4.69, 9.17) is 14.2 Å². The molecular formula is C14H19NO4. The number of rotatable bonds is 4. The molecule has 1 unspecified atom stereocenters. The molecule has 19 heavy (non-hydrogen) atoms. The molecule has 0 bridgehead atoms. The highest BCUT2D eigenvalue weighted by Gasteiger charge is 2.30. The zero-order valence-electron chi connectivity index (χ0n) is 11.3. The Balaban J connectivity index is 2.13. The molecule has 0 aliphatic carbocycles. The van der Waals surface area contributed by atoms with Gasteiger partial charge in [-0.3, -0.25) is 9.69 Å². The fraction of sp³-hybridized carbons (Fsp3) is 0.500. The van der Waals surface area contributed by atoms with Crippen molar-refractivity contribution in [2.24, 2.45) is 0 Å². The molecule has 0 aromatic heterocycles. The number of nitrogens with zero attached hydrogens (tertiary/aromatic N) is 1. The van der Waals surface area contributed by atoms with Gasteiger partial charge < -0.3 is 14.2 Å². The number of esters is 1. The molecule has 2 rings (SSSR count). The molecule has 5 heteroatoms. The summed E-state index contributed by atoms with van der Waals surface area (Å²) in [5.74, 6) is 0.576. The van der Waals surface area contributed by atoms with Crippen LogP contribution >= 0.6 is 0 Å². The third-order valence-electron chi connectivity index (χ3n) is 3.28. The standard InChI is InChI=1S/C14H19NO4/c1-17-13-6-4-3-5-11(13)9-15-7-8-19-10-12(15)14(16)18-2/h3-6,12H,7-10H2,1-2H3. The highest BCUT2D eigenvalue weighted by molar-refractivity contribution is 5.75. The second-order valence-electron chi connectivity index (χ2n) is 4.40. The lowest BCUT2D eigenvalue weighted by molar-refractivity contribution is -0.153. The summed E-state index contributed by atoms with van der Waals surface area (Å²) in [7, 11) is 3.05. The van der Waals surface area contributed by atoms with Crippen LogP contribution in [0.3, 0.4) is 0 Å². The second kappa shape index (κ2) is 6.54. The Labute approximate surface area is 113 Å². The molecule has 0 amide bonds. The van der Waals surface area contributed by atoms with Crippen LogP contribution in [0.1, 0.15) is 5.56 Å². The first-order valence-electron chi connectivity index (χ1n) is 6.27. The highest BCUT2D eigenvalue weighted by atomic mass is 16.5. The van der Waals surface area contributed by atoms with Crippen molar-refractivity contribution in [1.82, 2.24) is 4.90 Å². The maximum atomic E-state index is 11.7. The molecule has 1 aliphatic heterocycles. The summed E-state index contributed by atoms with van der Waals surface area (Å²) in [5, 5.41) is 0. The fourth-order valence-corrected chi connectivity index (χ4v) is 2.23. The Kier molecular flexibility index (Phi) is 4.76. The Bertz CT molecular complexity index is 435. The van der Waals surface area contributed by atoms with Crippen molar-refractivity contribution < 1.29 is 19.0 Å². The van der Waals surface area contributed by atoms with Crippen molar-refractivity contribution in [3.8, 4) is 5.75 Å². The zero-order valence-corrected chi connectivity index (χ0v) is 11.3. The lowest BCUT2D eigenvalue weighted by Crippen LogP contribution is -2.49. The number of para-hydroxylation sites is 1. The predicted octanol–water partition coefficient (Wildman–Crippen LogP) is 1.07. The largest absolute Gasteiger partial charge is 0.496 e. The first kappa shape index (κ1) is 13.8. The van der Waals surface area contributed by atoms with E-state index in [-0.39, 0.29) is 12.0 Å². The number of hydrogen-bond donors (Lipinski definition) is 0.